The van der Waals surface area contributed by atoms with Gasteiger partial charge < -0.3 is 41.3 Å². The molecule has 11 heteroatoms. The van der Waals surface area contributed by atoms with Gasteiger partial charge in [-0.25, -0.2) is 4.79 Å². The summed E-state index contributed by atoms with van der Waals surface area (Å²) in [6.07, 6.45) is 5.69. The largest absolute Gasteiger partial charge is 0.511 e. The van der Waals surface area contributed by atoms with Crippen molar-refractivity contribution in [2.24, 2.45) is 11.8 Å². The number of ether oxygens (including phenoxy) is 1. The molecule has 7 N–H and O–H groups in total. The molecule has 3 aliphatic rings. The second-order valence-corrected chi connectivity index (χ2v) is 9.93. The Kier molecular flexibility index (Phi) is 10.1. The lowest BCUT2D eigenvalue weighted by molar-refractivity contribution is -0.136. The lowest BCUT2D eigenvalue weighted by Crippen LogP contribution is -2.36. The van der Waals surface area contributed by atoms with Crippen LogP contribution in [0.5, 0.6) is 0 Å². The molecule has 41 heavy (non-hydrogen) atoms. The number of nitrogens with one attached hydrogen (secondary N) is 4. The summed E-state index contributed by atoms with van der Waals surface area (Å²) in [7, 11) is 1.29. The van der Waals surface area contributed by atoms with E-state index >= 15 is 0 Å². The van der Waals surface area contributed by atoms with E-state index in [4.69, 9.17) is 14.9 Å². The first-order valence-corrected chi connectivity index (χ1v) is 13.9. The number of methoxy groups -OCH3 is 1. The SMILES string of the molecule is CCC1C=CC2=C(O)C3C(=O)c4c(NCCNCCO)ccc(NCCNCCO)c4C(=O)C3=CC2=C1C(=O)OC. The zero-order valence-corrected chi connectivity index (χ0v) is 23.4. The van der Waals surface area contributed by atoms with Crippen LogP contribution in [0.4, 0.5) is 11.4 Å². The van der Waals surface area contributed by atoms with E-state index in [-0.39, 0.29) is 41.6 Å². The van der Waals surface area contributed by atoms with Crippen LogP contribution in [0.3, 0.4) is 0 Å². The number of rotatable bonds is 14. The third kappa shape index (κ3) is 5.98. The van der Waals surface area contributed by atoms with E-state index in [2.05, 4.69) is 21.3 Å². The molecule has 0 aliphatic heterocycles. The number of hydrogen-bond acceptors (Lipinski definition) is 11. The number of aliphatic hydroxyl groups is 3. The van der Waals surface area contributed by atoms with Crippen LogP contribution in [0.1, 0.15) is 34.1 Å². The summed E-state index contributed by atoms with van der Waals surface area (Å²) in [6, 6.07) is 3.47. The molecule has 2 unspecified atom stereocenters. The van der Waals surface area contributed by atoms with Gasteiger partial charge in [-0.2, -0.15) is 0 Å². The quantitative estimate of drug-likeness (QED) is 0.129. The molecule has 3 aliphatic carbocycles. The van der Waals surface area contributed by atoms with Gasteiger partial charge in [0.05, 0.1) is 37.0 Å². The fourth-order valence-electron chi connectivity index (χ4n) is 5.49. The lowest BCUT2D eigenvalue weighted by atomic mass is 9.69. The summed E-state index contributed by atoms with van der Waals surface area (Å²) in [6.45, 7) is 4.70. The van der Waals surface area contributed by atoms with E-state index in [1.165, 1.54) is 7.11 Å². The Balaban J connectivity index is 1.80. The van der Waals surface area contributed by atoms with Crippen LogP contribution in [0.2, 0.25) is 0 Å². The van der Waals surface area contributed by atoms with Gasteiger partial charge in [0.2, 0.25) is 0 Å². The molecule has 0 saturated heterocycles. The van der Waals surface area contributed by atoms with Crippen molar-refractivity contribution in [2.75, 3.05) is 70.2 Å². The number of benzene rings is 1. The molecule has 220 valence electrons. The maximum absolute atomic E-state index is 14.2. The van der Waals surface area contributed by atoms with Crippen LogP contribution in [-0.2, 0) is 9.53 Å². The van der Waals surface area contributed by atoms with Crippen molar-refractivity contribution in [1.29, 1.82) is 0 Å². The number of hydrogen-bond donors (Lipinski definition) is 7. The maximum atomic E-state index is 14.2. The molecule has 0 heterocycles. The van der Waals surface area contributed by atoms with Crippen LogP contribution in [-0.4, -0.2) is 92.4 Å². The molecule has 0 aromatic heterocycles. The standard InChI is InChI=1S/C30H38N4O7/c1-3-17-4-5-18-19(23(17)30(40)41-2)16-20-24(27(18)37)29(39)26-22(34-11-9-32-13-15-36)7-6-21(25(26)28(20)38)33-10-8-31-12-14-35/h4-7,16-17,24,31-37H,3,8-15H2,1-2H3. The number of fused-ring (bicyclic) bond motifs is 3. The van der Waals surface area contributed by atoms with Crippen molar-refractivity contribution >= 4 is 28.9 Å². The third-order valence-corrected chi connectivity index (χ3v) is 7.47. The fourth-order valence-corrected chi connectivity index (χ4v) is 5.49. The van der Waals surface area contributed by atoms with Gasteiger partial charge in [0.15, 0.2) is 11.6 Å². The van der Waals surface area contributed by atoms with E-state index in [0.717, 1.165) is 0 Å². The number of esters is 1. The zero-order chi connectivity index (χ0) is 29.5. The summed E-state index contributed by atoms with van der Waals surface area (Å²) in [4.78, 5) is 41.1. The molecule has 1 aromatic rings. The molecule has 1 aromatic carbocycles. The minimum Gasteiger partial charge on any atom is -0.511 e. The predicted molar refractivity (Wildman–Crippen MR) is 155 cm³/mol. The number of allylic oxidation sites excluding steroid dienone is 6. The normalized spacial score (nSPS) is 19.5. The Bertz CT molecular complexity index is 1330. The summed E-state index contributed by atoms with van der Waals surface area (Å²) in [5.74, 6) is -3.12. The van der Waals surface area contributed by atoms with E-state index in [9.17, 15) is 19.5 Å². The van der Waals surface area contributed by atoms with E-state index in [0.29, 0.717) is 73.8 Å². The Hall–Kier alpha value is -3.77. The molecule has 0 bridgehead atoms. The molecule has 0 fully saturated rings. The van der Waals surface area contributed by atoms with Crippen molar-refractivity contribution < 1.29 is 34.4 Å². The summed E-state index contributed by atoms with van der Waals surface area (Å²) in [5, 5.41) is 42.0. The monoisotopic (exact) mass is 566 g/mol. The molecule has 0 amide bonds. The van der Waals surface area contributed by atoms with Crippen LogP contribution >= 0.6 is 0 Å². The highest BCUT2D eigenvalue weighted by atomic mass is 16.5. The first-order valence-electron chi connectivity index (χ1n) is 13.9. The fraction of sp³-hybridized carbons (Fsp3) is 0.433. The lowest BCUT2D eigenvalue weighted by Gasteiger charge is -2.34. The van der Waals surface area contributed by atoms with Gasteiger partial charge in [0.1, 0.15) is 11.7 Å². The van der Waals surface area contributed by atoms with E-state index < -0.39 is 23.5 Å². The minimum absolute atomic E-state index is 0.00193. The highest BCUT2D eigenvalue weighted by Gasteiger charge is 2.46. The molecule has 0 radical (unpaired) electrons. The van der Waals surface area contributed by atoms with Crippen molar-refractivity contribution in [3.63, 3.8) is 0 Å². The number of carbonyl (C=O) groups excluding carboxylic acids is 3. The summed E-state index contributed by atoms with van der Waals surface area (Å²) < 4.78 is 5.04. The summed E-state index contributed by atoms with van der Waals surface area (Å²) in [5.41, 5.74) is 2.50. The molecule has 2 atom stereocenters. The Labute approximate surface area is 239 Å². The number of ketones is 2. The highest BCUT2D eigenvalue weighted by Crippen LogP contribution is 2.47. The second kappa shape index (κ2) is 13.7. The number of aliphatic hydroxyl groups excluding tert-OH is 3. The Morgan fingerprint density at radius 3 is 2.07 bits per heavy atom. The first-order chi connectivity index (χ1) is 19.9. The van der Waals surface area contributed by atoms with E-state index in [1.807, 2.05) is 13.0 Å². The van der Waals surface area contributed by atoms with Gasteiger partial charge in [0, 0.05) is 67.7 Å². The molecule has 11 nitrogen and oxygen atoms in total. The highest BCUT2D eigenvalue weighted by molar-refractivity contribution is 6.29. The maximum Gasteiger partial charge on any atom is 0.334 e. The van der Waals surface area contributed by atoms with E-state index in [1.54, 1.807) is 24.3 Å². The molecule has 0 spiro atoms. The van der Waals surface area contributed by atoms with Gasteiger partial charge in [-0.1, -0.05) is 19.1 Å². The van der Waals surface area contributed by atoms with Gasteiger partial charge in [-0.3, -0.25) is 9.59 Å². The number of Topliss-reactive ketones (excluding diaryl/α,β-unsaturated/α-hetero) is 2. The van der Waals surface area contributed by atoms with Crippen molar-refractivity contribution in [2.45, 2.75) is 13.3 Å². The first kappa shape index (κ1) is 30.2. The van der Waals surface area contributed by atoms with Gasteiger partial charge in [-0.05, 0) is 30.2 Å². The van der Waals surface area contributed by atoms with Gasteiger partial charge >= 0.3 is 5.97 Å². The van der Waals surface area contributed by atoms with Crippen molar-refractivity contribution in [1.82, 2.24) is 10.6 Å². The number of carbonyl (C=O) groups is 3. The Morgan fingerprint density at radius 1 is 0.902 bits per heavy atom. The van der Waals surface area contributed by atoms with Gasteiger partial charge in [-0.15, -0.1) is 0 Å². The molecular weight excluding hydrogens is 528 g/mol. The van der Waals surface area contributed by atoms with Gasteiger partial charge in [0.25, 0.3) is 0 Å². The topological polar surface area (TPSA) is 169 Å². The van der Waals surface area contributed by atoms with Crippen LogP contribution in [0.25, 0.3) is 0 Å². The predicted octanol–water partition coefficient (Wildman–Crippen LogP) is 1.49. The van der Waals surface area contributed by atoms with Crippen molar-refractivity contribution in [3.05, 3.63) is 69.5 Å². The minimum atomic E-state index is -1.20. The summed E-state index contributed by atoms with van der Waals surface area (Å²) >= 11 is 0. The third-order valence-electron chi connectivity index (χ3n) is 7.47. The average molecular weight is 567 g/mol. The average Bonchev–Trinajstić information content (AvgIpc) is 2.98. The zero-order valence-electron chi connectivity index (χ0n) is 23.4. The number of anilines is 2. The van der Waals surface area contributed by atoms with Crippen LogP contribution in [0.15, 0.2) is 58.4 Å². The molecule has 0 saturated carbocycles. The smallest absolute Gasteiger partial charge is 0.334 e. The van der Waals surface area contributed by atoms with Crippen LogP contribution in [0, 0.1) is 11.8 Å². The molecule has 4 rings (SSSR count). The second-order valence-electron chi connectivity index (χ2n) is 9.93. The molecular formula is C30H38N4O7. The Morgan fingerprint density at radius 2 is 1.51 bits per heavy atom. The van der Waals surface area contributed by atoms with Crippen LogP contribution < -0.4 is 21.3 Å². The van der Waals surface area contributed by atoms with Crippen molar-refractivity contribution in [3.8, 4) is 0 Å².